The minimum absolute atomic E-state index is 0.658. The summed E-state index contributed by atoms with van der Waals surface area (Å²) in [4.78, 5) is 8.92. The number of pyridine rings is 1. The van der Waals surface area contributed by atoms with E-state index in [2.05, 4.69) is 35.4 Å². The SMILES string of the molecule is c1ccc(N2CCN(c3ccc4nnnn4n3)CC2)nc1. The molecule has 8 nitrogen and oxygen atoms in total. The van der Waals surface area contributed by atoms with Gasteiger partial charge in [-0.05, 0) is 34.7 Å². The fourth-order valence-electron chi connectivity index (χ4n) is 2.51. The number of tetrazole rings is 1. The summed E-state index contributed by atoms with van der Waals surface area (Å²) in [5.74, 6) is 1.93. The average molecular weight is 282 g/mol. The van der Waals surface area contributed by atoms with E-state index in [1.54, 1.807) is 0 Å². The van der Waals surface area contributed by atoms with E-state index in [-0.39, 0.29) is 0 Å². The first kappa shape index (κ1) is 12.0. The molecule has 106 valence electrons. The molecule has 0 bridgehead atoms. The van der Waals surface area contributed by atoms with Crippen LogP contribution in [-0.2, 0) is 0 Å². The van der Waals surface area contributed by atoms with Crippen molar-refractivity contribution >= 4 is 17.3 Å². The molecule has 1 aliphatic heterocycles. The van der Waals surface area contributed by atoms with Gasteiger partial charge in [0.1, 0.15) is 5.82 Å². The molecule has 3 aromatic heterocycles. The van der Waals surface area contributed by atoms with Crippen molar-refractivity contribution in [3.8, 4) is 0 Å². The highest BCUT2D eigenvalue weighted by Gasteiger charge is 2.19. The van der Waals surface area contributed by atoms with Crippen molar-refractivity contribution in [1.29, 1.82) is 0 Å². The van der Waals surface area contributed by atoms with Gasteiger partial charge in [-0.2, -0.15) is 0 Å². The number of fused-ring (bicyclic) bond motifs is 1. The van der Waals surface area contributed by atoms with Crippen molar-refractivity contribution in [1.82, 2.24) is 30.2 Å². The number of nitrogens with zero attached hydrogens (tertiary/aromatic N) is 8. The van der Waals surface area contributed by atoms with Crippen LogP contribution in [0.25, 0.3) is 5.65 Å². The molecule has 4 heterocycles. The Hall–Kier alpha value is -2.77. The first-order chi connectivity index (χ1) is 10.4. The monoisotopic (exact) mass is 282 g/mol. The zero-order valence-electron chi connectivity index (χ0n) is 11.4. The molecule has 0 N–H and O–H groups in total. The van der Waals surface area contributed by atoms with Gasteiger partial charge < -0.3 is 9.80 Å². The van der Waals surface area contributed by atoms with Gasteiger partial charge in [-0.25, -0.2) is 4.98 Å². The molecule has 8 heteroatoms. The third kappa shape index (κ3) is 2.24. The molecule has 0 aliphatic carbocycles. The molecule has 1 saturated heterocycles. The summed E-state index contributed by atoms with van der Waals surface area (Å²) in [6.45, 7) is 3.65. The van der Waals surface area contributed by atoms with Gasteiger partial charge in [0.05, 0.1) is 0 Å². The number of aromatic nitrogens is 6. The Morgan fingerprint density at radius 3 is 2.43 bits per heavy atom. The molecule has 0 aromatic carbocycles. The highest BCUT2D eigenvalue weighted by molar-refractivity contribution is 5.47. The Morgan fingerprint density at radius 1 is 0.857 bits per heavy atom. The molecule has 1 aliphatic rings. The first-order valence-corrected chi connectivity index (χ1v) is 6.86. The quantitative estimate of drug-likeness (QED) is 0.666. The average Bonchev–Trinajstić information content (AvgIpc) is 3.03. The maximum Gasteiger partial charge on any atom is 0.200 e. The molecule has 0 saturated carbocycles. The second-order valence-corrected chi connectivity index (χ2v) is 4.88. The third-order valence-electron chi connectivity index (χ3n) is 3.63. The van der Waals surface area contributed by atoms with Gasteiger partial charge in [0.15, 0.2) is 11.5 Å². The predicted octanol–water partition coefficient (Wildman–Crippen LogP) is 0.241. The van der Waals surface area contributed by atoms with Gasteiger partial charge in [-0.3, -0.25) is 0 Å². The van der Waals surface area contributed by atoms with Gasteiger partial charge in [-0.15, -0.1) is 14.8 Å². The molecule has 0 spiro atoms. The van der Waals surface area contributed by atoms with Gasteiger partial charge in [-0.1, -0.05) is 6.07 Å². The van der Waals surface area contributed by atoms with Crippen LogP contribution in [0.3, 0.4) is 0 Å². The maximum atomic E-state index is 4.43. The fourth-order valence-corrected chi connectivity index (χ4v) is 2.51. The van der Waals surface area contributed by atoms with Crippen molar-refractivity contribution in [3.63, 3.8) is 0 Å². The summed E-state index contributed by atoms with van der Waals surface area (Å²) in [5.41, 5.74) is 0.658. The molecule has 0 radical (unpaired) electrons. The van der Waals surface area contributed by atoms with E-state index in [1.807, 2.05) is 36.5 Å². The normalized spacial score (nSPS) is 15.6. The van der Waals surface area contributed by atoms with Crippen molar-refractivity contribution in [2.45, 2.75) is 0 Å². The molecular formula is C13H14N8. The lowest BCUT2D eigenvalue weighted by Crippen LogP contribution is -2.47. The van der Waals surface area contributed by atoms with E-state index < -0.39 is 0 Å². The smallest absolute Gasteiger partial charge is 0.200 e. The summed E-state index contributed by atoms with van der Waals surface area (Å²) in [7, 11) is 0. The number of anilines is 2. The van der Waals surface area contributed by atoms with Crippen molar-refractivity contribution < 1.29 is 0 Å². The van der Waals surface area contributed by atoms with Gasteiger partial charge >= 0.3 is 0 Å². The molecule has 0 atom stereocenters. The van der Waals surface area contributed by atoms with E-state index in [0.717, 1.165) is 37.8 Å². The summed E-state index contributed by atoms with van der Waals surface area (Å²) in [5, 5.41) is 15.7. The number of piperazine rings is 1. The molecule has 3 aromatic rings. The summed E-state index contributed by atoms with van der Waals surface area (Å²) in [6.07, 6.45) is 1.83. The second-order valence-electron chi connectivity index (χ2n) is 4.88. The highest BCUT2D eigenvalue weighted by Crippen LogP contribution is 2.17. The number of hydrogen-bond acceptors (Lipinski definition) is 7. The lowest BCUT2D eigenvalue weighted by Gasteiger charge is -2.35. The highest BCUT2D eigenvalue weighted by atomic mass is 15.6. The van der Waals surface area contributed by atoms with Crippen molar-refractivity contribution in [2.24, 2.45) is 0 Å². The van der Waals surface area contributed by atoms with E-state index in [1.165, 1.54) is 4.63 Å². The van der Waals surface area contributed by atoms with E-state index in [4.69, 9.17) is 0 Å². The third-order valence-corrected chi connectivity index (χ3v) is 3.63. The molecule has 0 unspecified atom stereocenters. The van der Waals surface area contributed by atoms with Gasteiger partial charge in [0.2, 0.25) is 0 Å². The standard InChI is InChI=1S/C13H14N8/c1-2-6-14-11(3-1)19-7-9-20(10-8-19)13-5-4-12-15-17-18-21(12)16-13/h1-6H,7-10H2. The Morgan fingerprint density at radius 2 is 1.67 bits per heavy atom. The second kappa shape index (κ2) is 4.97. The van der Waals surface area contributed by atoms with Crippen LogP contribution in [0, 0.1) is 0 Å². The van der Waals surface area contributed by atoms with E-state index >= 15 is 0 Å². The van der Waals surface area contributed by atoms with Crippen LogP contribution in [0.15, 0.2) is 36.5 Å². The fraction of sp³-hybridized carbons (Fsp3) is 0.308. The van der Waals surface area contributed by atoms with Crippen molar-refractivity contribution in [2.75, 3.05) is 36.0 Å². The molecule has 21 heavy (non-hydrogen) atoms. The summed E-state index contributed by atoms with van der Waals surface area (Å²) < 4.78 is 1.46. The molecule has 4 rings (SSSR count). The minimum Gasteiger partial charge on any atom is -0.353 e. The van der Waals surface area contributed by atoms with Crippen LogP contribution in [0.5, 0.6) is 0 Å². The Labute approximate surface area is 121 Å². The minimum atomic E-state index is 0.658. The summed E-state index contributed by atoms with van der Waals surface area (Å²) >= 11 is 0. The molecular weight excluding hydrogens is 268 g/mol. The van der Waals surface area contributed by atoms with E-state index in [0.29, 0.717) is 5.65 Å². The lowest BCUT2D eigenvalue weighted by atomic mass is 10.3. The van der Waals surface area contributed by atoms with Crippen LogP contribution in [0.4, 0.5) is 11.6 Å². The zero-order chi connectivity index (χ0) is 14.1. The molecule has 0 amide bonds. The first-order valence-electron chi connectivity index (χ1n) is 6.86. The van der Waals surface area contributed by atoms with Crippen LogP contribution in [-0.4, -0.2) is 56.4 Å². The largest absolute Gasteiger partial charge is 0.353 e. The Kier molecular flexibility index (Phi) is 2.84. The summed E-state index contributed by atoms with van der Waals surface area (Å²) in [6, 6.07) is 9.84. The zero-order valence-corrected chi connectivity index (χ0v) is 11.4. The van der Waals surface area contributed by atoms with Gasteiger partial charge in [0.25, 0.3) is 0 Å². The number of rotatable bonds is 2. The van der Waals surface area contributed by atoms with Gasteiger partial charge in [0, 0.05) is 32.4 Å². The molecule has 1 fully saturated rings. The van der Waals surface area contributed by atoms with Crippen LogP contribution >= 0.6 is 0 Å². The van der Waals surface area contributed by atoms with Crippen LogP contribution in [0.2, 0.25) is 0 Å². The van der Waals surface area contributed by atoms with E-state index in [9.17, 15) is 0 Å². The Bertz CT molecular complexity index is 732. The predicted molar refractivity (Wildman–Crippen MR) is 77.2 cm³/mol. The lowest BCUT2D eigenvalue weighted by molar-refractivity contribution is 0.628. The maximum absolute atomic E-state index is 4.43. The number of hydrogen-bond donors (Lipinski definition) is 0. The van der Waals surface area contributed by atoms with Crippen molar-refractivity contribution in [3.05, 3.63) is 36.5 Å². The van der Waals surface area contributed by atoms with Crippen LogP contribution < -0.4 is 9.80 Å². The Balaban J connectivity index is 1.49. The van der Waals surface area contributed by atoms with Crippen LogP contribution in [0.1, 0.15) is 0 Å². The topological polar surface area (TPSA) is 75.3 Å².